The largest absolute Gasteiger partial charge is 0.383 e. The van der Waals surface area contributed by atoms with Crippen LogP contribution in [0, 0.1) is 0 Å². The first kappa shape index (κ1) is 27.8. The summed E-state index contributed by atoms with van der Waals surface area (Å²) >= 11 is 0. The molecule has 1 amide bonds. The maximum absolute atomic E-state index is 13.2. The second kappa shape index (κ2) is 11.3. The van der Waals surface area contributed by atoms with Crippen LogP contribution in [0.15, 0.2) is 73.7 Å². The van der Waals surface area contributed by atoms with E-state index in [1.54, 1.807) is 12.3 Å². The Bertz CT molecular complexity index is 1870. The zero-order valence-electron chi connectivity index (χ0n) is 23.9. The number of nitrogens with zero attached hydrogens (tertiary/aromatic N) is 7. The monoisotopic (exact) mass is 595 g/mol. The fraction of sp³-hybridized carbons (Fsp3) is 0.281. The van der Waals surface area contributed by atoms with Gasteiger partial charge in [-0.3, -0.25) is 9.36 Å². The second-order valence-electron chi connectivity index (χ2n) is 11.2. The number of anilines is 1. The summed E-state index contributed by atoms with van der Waals surface area (Å²) in [6.07, 6.45) is 9.38. The van der Waals surface area contributed by atoms with Crippen molar-refractivity contribution in [3.8, 4) is 28.3 Å². The summed E-state index contributed by atoms with van der Waals surface area (Å²) in [5.74, 6) is 0.923. The summed E-state index contributed by atoms with van der Waals surface area (Å²) in [7, 11) is 0. The Morgan fingerprint density at radius 3 is 2.70 bits per heavy atom. The standard InChI is InChI=1S/C32H31F2N9O/c1-2-28(44)41-14-11-21(12-15-41)38-26-8-5-19-16-22(6-7-23(19)26)43-30(24-4-3-13-36-29(24)35)40-27-10-9-25(39-31(27)43)20-17-37-42(18-20)32(33)34/h2-4,6-7,9-10,13,16-18,21,26,32,38H,1,5,8,11-12,14-15H2,(H2,35,36). The van der Waals surface area contributed by atoms with Crippen LogP contribution in [0.25, 0.3) is 39.5 Å². The summed E-state index contributed by atoms with van der Waals surface area (Å²) in [6.45, 7) is 2.32. The molecule has 1 unspecified atom stereocenters. The number of aromatic nitrogens is 6. The Hall–Kier alpha value is -4.97. The molecular formula is C32H31F2N9O. The molecule has 5 aromatic rings. The smallest absolute Gasteiger partial charge is 0.333 e. The van der Waals surface area contributed by atoms with Crippen LogP contribution in [0.3, 0.4) is 0 Å². The van der Waals surface area contributed by atoms with Crippen molar-refractivity contribution in [1.29, 1.82) is 0 Å². The quantitative estimate of drug-likeness (QED) is 0.252. The van der Waals surface area contributed by atoms with Gasteiger partial charge in [0, 0.05) is 48.8 Å². The van der Waals surface area contributed by atoms with Gasteiger partial charge in [0.1, 0.15) is 11.3 Å². The third-order valence-electron chi connectivity index (χ3n) is 8.56. The van der Waals surface area contributed by atoms with Crippen molar-refractivity contribution in [3.05, 3.63) is 84.8 Å². The van der Waals surface area contributed by atoms with Crippen molar-refractivity contribution >= 4 is 22.9 Å². The van der Waals surface area contributed by atoms with E-state index in [4.69, 9.17) is 15.7 Å². The maximum atomic E-state index is 13.2. The highest BCUT2D eigenvalue weighted by atomic mass is 19.3. The van der Waals surface area contributed by atoms with Crippen LogP contribution in [-0.2, 0) is 11.2 Å². The lowest BCUT2D eigenvalue weighted by molar-refractivity contribution is -0.127. The van der Waals surface area contributed by atoms with Crippen molar-refractivity contribution in [1.82, 2.24) is 39.5 Å². The highest BCUT2D eigenvalue weighted by Gasteiger charge is 2.29. The molecule has 1 atom stereocenters. The number of nitrogen functional groups attached to an aromatic ring is 1. The first-order valence-corrected chi connectivity index (χ1v) is 14.6. The summed E-state index contributed by atoms with van der Waals surface area (Å²) in [5, 5.41) is 7.61. The summed E-state index contributed by atoms with van der Waals surface area (Å²) in [4.78, 5) is 27.9. The van der Waals surface area contributed by atoms with E-state index in [1.807, 2.05) is 27.7 Å². The molecule has 1 saturated heterocycles. The van der Waals surface area contributed by atoms with E-state index in [2.05, 4.69) is 40.2 Å². The van der Waals surface area contributed by atoms with E-state index in [0.29, 0.717) is 50.4 Å². The Balaban J connectivity index is 1.24. The predicted molar refractivity (Wildman–Crippen MR) is 163 cm³/mol. The molecule has 7 rings (SSSR count). The Kier molecular flexibility index (Phi) is 7.13. The molecule has 0 spiro atoms. The van der Waals surface area contributed by atoms with Crippen LogP contribution < -0.4 is 11.1 Å². The molecule has 4 aromatic heterocycles. The number of piperidine rings is 1. The molecule has 10 nitrogen and oxygen atoms in total. The van der Waals surface area contributed by atoms with Gasteiger partial charge < -0.3 is 16.0 Å². The molecule has 1 aliphatic carbocycles. The van der Waals surface area contributed by atoms with E-state index < -0.39 is 6.55 Å². The molecule has 0 saturated carbocycles. The second-order valence-corrected chi connectivity index (χ2v) is 11.2. The molecule has 1 aliphatic heterocycles. The van der Waals surface area contributed by atoms with Crippen LogP contribution in [0.1, 0.15) is 43.0 Å². The molecule has 12 heteroatoms. The van der Waals surface area contributed by atoms with Gasteiger partial charge in [-0.05, 0) is 79.3 Å². The number of benzene rings is 1. The molecule has 5 heterocycles. The van der Waals surface area contributed by atoms with Crippen LogP contribution in [0.2, 0.25) is 0 Å². The Morgan fingerprint density at radius 2 is 1.95 bits per heavy atom. The maximum Gasteiger partial charge on any atom is 0.333 e. The third-order valence-corrected chi connectivity index (χ3v) is 8.56. The van der Waals surface area contributed by atoms with Gasteiger partial charge in [0.25, 0.3) is 0 Å². The summed E-state index contributed by atoms with van der Waals surface area (Å²) < 4.78 is 29.0. The molecule has 3 N–H and O–H groups in total. The van der Waals surface area contributed by atoms with Crippen LogP contribution >= 0.6 is 0 Å². The van der Waals surface area contributed by atoms with Crippen LogP contribution in [0.5, 0.6) is 0 Å². The van der Waals surface area contributed by atoms with Gasteiger partial charge in [-0.15, -0.1) is 0 Å². The minimum atomic E-state index is -2.74. The van der Waals surface area contributed by atoms with E-state index in [9.17, 15) is 13.6 Å². The van der Waals surface area contributed by atoms with Gasteiger partial charge in [0.15, 0.2) is 11.5 Å². The van der Waals surface area contributed by atoms with E-state index >= 15 is 0 Å². The molecule has 2 aliphatic rings. The fourth-order valence-electron chi connectivity index (χ4n) is 6.32. The molecule has 1 aromatic carbocycles. The number of hydrogen-bond donors (Lipinski definition) is 2. The highest BCUT2D eigenvalue weighted by molar-refractivity contribution is 5.87. The lowest BCUT2D eigenvalue weighted by atomic mass is 10.0. The van der Waals surface area contributed by atoms with Crippen molar-refractivity contribution in [3.63, 3.8) is 0 Å². The number of nitrogens with one attached hydrogen (secondary N) is 1. The SMILES string of the molecule is C=CC(=O)N1CCC(NC2CCc3cc(-n4c(-c5cccnc5N)nc5ccc(-c6cnn(C(F)F)c6)nc54)ccc32)CC1. The lowest BCUT2D eigenvalue weighted by Gasteiger charge is -2.33. The number of alkyl halides is 2. The number of halogens is 2. The first-order valence-electron chi connectivity index (χ1n) is 14.6. The summed E-state index contributed by atoms with van der Waals surface area (Å²) in [6, 6.07) is 14.2. The summed E-state index contributed by atoms with van der Waals surface area (Å²) in [5.41, 5.74) is 12.5. The van der Waals surface area contributed by atoms with Crippen LogP contribution in [-0.4, -0.2) is 59.2 Å². The van der Waals surface area contributed by atoms with Crippen molar-refractivity contribution in [2.24, 2.45) is 0 Å². The van der Waals surface area contributed by atoms with Gasteiger partial charge in [0.2, 0.25) is 5.91 Å². The fourth-order valence-corrected chi connectivity index (χ4v) is 6.32. The molecule has 44 heavy (non-hydrogen) atoms. The third kappa shape index (κ3) is 5.00. The average molecular weight is 596 g/mol. The van der Waals surface area contributed by atoms with Gasteiger partial charge in [0.05, 0.1) is 17.5 Å². The number of carbonyl (C=O) groups is 1. The number of rotatable bonds is 7. The number of aryl methyl sites for hydroxylation is 1. The molecule has 1 fully saturated rings. The lowest BCUT2D eigenvalue weighted by Crippen LogP contribution is -2.45. The number of fused-ring (bicyclic) bond motifs is 2. The predicted octanol–water partition coefficient (Wildman–Crippen LogP) is 5.08. The van der Waals surface area contributed by atoms with E-state index in [-0.39, 0.29) is 11.9 Å². The molecule has 0 radical (unpaired) electrons. The van der Waals surface area contributed by atoms with Crippen molar-refractivity contribution in [2.45, 2.75) is 44.3 Å². The number of amides is 1. The molecular weight excluding hydrogens is 564 g/mol. The first-order chi connectivity index (χ1) is 21.4. The molecule has 224 valence electrons. The van der Waals surface area contributed by atoms with Gasteiger partial charge in [-0.25, -0.2) is 19.6 Å². The van der Waals surface area contributed by atoms with Gasteiger partial charge in [-0.1, -0.05) is 12.6 Å². The van der Waals surface area contributed by atoms with Crippen LogP contribution in [0.4, 0.5) is 14.6 Å². The van der Waals surface area contributed by atoms with E-state index in [0.717, 1.165) is 44.5 Å². The Morgan fingerprint density at radius 1 is 1.11 bits per heavy atom. The normalized spacial score (nSPS) is 17.0. The van der Waals surface area contributed by atoms with Gasteiger partial charge >= 0.3 is 6.55 Å². The average Bonchev–Trinajstić information content (AvgIpc) is 3.78. The Labute approximate surface area is 252 Å². The minimum Gasteiger partial charge on any atom is -0.383 e. The van der Waals surface area contributed by atoms with Crippen molar-refractivity contribution in [2.75, 3.05) is 18.8 Å². The zero-order valence-corrected chi connectivity index (χ0v) is 23.9. The topological polar surface area (TPSA) is 120 Å². The highest BCUT2D eigenvalue weighted by Crippen LogP contribution is 2.37. The number of hydrogen-bond acceptors (Lipinski definition) is 7. The van der Waals surface area contributed by atoms with Gasteiger partial charge in [-0.2, -0.15) is 13.9 Å². The minimum absolute atomic E-state index is 0.00790. The number of imidazole rings is 1. The number of carbonyl (C=O) groups excluding carboxylic acids is 1. The van der Waals surface area contributed by atoms with Crippen molar-refractivity contribution < 1.29 is 13.6 Å². The molecule has 0 bridgehead atoms. The van der Waals surface area contributed by atoms with E-state index in [1.165, 1.54) is 29.6 Å². The number of pyridine rings is 2. The number of likely N-dealkylation sites (tertiary alicyclic amines) is 1. The number of nitrogens with two attached hydrogens (primary N) is 1. The zero-order chi connectivity index (χ0) is 30.4.